The van der Waals surface area contributed by atoms with E-state index in [0.29, 0.717) is 6.54 Å². The smallest absolute Gasteiger partial charge is 0.293 e. The van der Waals surface area contributed by atoms with Crippen LogP contribution in [0.3, 0.4) is 0 Å². The van der Waals surface area contributed by atoms with E-state index < -0.39 is 11.2 Å². The van der Waals surface area contributed by atoms with E-state index in [0.717, 1.165) is 11.4 Å². The van der Waals surface area contributed by atoms with Gasteiger partial charge in [0.15, 0.2) is 0 Å². The Morgan fingerprint density at radius 2 is 2.18 bits per heavy atom. The highest BCUT2D eigenvalue weighted by Crippen LogP contribution is 2.04. The molecule has 0 spiro atoms. The molecule has 0 radical (unpaired) electrons. The van der Waals surface area contributed by atoms with E-state index in [9.17, 15) is 9.59 Å². The highest BCUT2D eigenvalue weighted by molar-refractivity contribution is 6.30. The molecule has 0 unspecified atom stereocenters. The zero-order valence-electron chi connectivity index (χ0n) is 9.40. The third-order valence-electron chi connectivity index (χ3n) is 2.40. The number of H-pyrrole nitrogens is 1. The molecular formula is C10H11ClN4O2. The third kappa shape index (κ3) is 2.31. The van der Waals surface area contributed by atoms with Crippen LogP contribution in [-0.4, -0.2) is 19.3 Å². The summed E-state index contributed by atoms with van der Waals surface area (Å²) in [6.07, 6.45) is 1.32. The first-order valence-electron chi connectivity index (χ1n) is 4.96. The van der Waals surface area contributed by atoms with Crippen LogP contribution in [0.5, 0.6) is 0 Å². The SMILES string of the molecule is Cc1cc(Cn2cc(Cl)c(=O)[nH]c2=O)n(C)n1. The second kappa shape index (κ2) is 4.21. The van der Waals surface area contributed by atoms with Crippen molar-refractivity contribution in [3.63, 3.8) is 0 Å². The van der Waals surface area contributed by atoms with Crippen molar-refractivity contribution in [3.8, 4) is 0 Å². The number of rotatable bonds is 2. The van der Waals surface area contributed by atoms with Gasteiger partial charge in [0.05, 0.1) is 17.9 Å². The van der Waals surface area contributed by atoms with Gasteiger partial charge in [0, 0.05) is 13.2 Å². The minimum Gasteiger partial charge on any atom is -0.293 e. The number of nitrogens with zero attached hydrogens (tertiary/aromatic N) is 3. The lowest BCUT2D eigenvalue weighted by atomic mass is 10.3. The van der Waals surface area contributed by atoms with E-state index >= 15 is 0 Å². The van der Waals surface area contributed by atoms with E-state index in [1.54, 1.807) is 11.7 Å². The summed E-state index contributed by atoms with van der Waals surface area (Å²) in [5.74, 6) is 0. The summed E-state index contributed by atoms with van der Waals surface area (Å²) >= 11 is 5.67. The van der Waals surface area contributed by atoms with Crippen LogP contribution in [0.2, 0.25) is 5.02 Å². The van der Waals surface area contributed by atoms with Crippen LogP contribution in [0.4, 0.5) is 0 Å². The van der Waals surface area contributed by atoms with Gasteiger partial charge >= 0.3 is 5.69 Å². The molecule has 2 aromatic rings. The van der Waals surface area contributed by atoms with E-state index in [-0.39, 0.29) is 5.02 Å². The van der Waals surface area contributed by atoms with Gasteiger partial charge in [-0.15, -0.1) is 0 Å². The van der Waals surface area contributed by atoms with Crippen LogP contribution in [0.15, 0.2) is 21.9 Å². The van der Waals surface area contributed by atoms with Gasteiger partial charge in [0.25, 0.3) is 5.56 Å². The summed E-state index contributed by atoms with van der Waals surface area (Å²) in [6.45, 7) is 2.18. The third-order valence-corrected chi connectivity index (χ3v) is 2.67. The molecule has 2 aromatic heterocycles. The molecule has 2 rings (SSSR count). The Kier molecular flexibility index (Phi) is 2.89. The van der Waals surface area contributed by atoms with Gasteiger partial charge in [-0.2, -0.15) is 5.10 Å². The van der Waals surface area contributed by atoms with Crippen molar-refractivity contribution < 1.29 is 0 Å². The predicted octanol–water partition coefficient (Wildman–Crippen LogP) is 0.280. The van der Waals surface area contributed by atoms with Crippen LogP contribution in [0, 0.1) is 6.92 Å². The van der Waals surface area contributed by atoms with Crippen LogP contribution < -0.4 is 11.2 Å². The molecular weight excluding hydrogens is 244 g/mol. The average Bonchev–Trinajstić information content (AvgIpc) is 2.54. The lowest BCUT2D eigenvalue weighted by Gasteiger charge is -2.05. The van der Waals surface area contributed by atoms with E-state index in [2.05, 4.69) is 10.1 Å². The van der Waals surface area contributed by atoms with Gasteiger partial charge in [-0.1, -0.05) is 11.6 Å². The molecule has 0 aromatic carbocycles. The van der Waals surface area contributed by atoms with Crippen LogP contribution >= 0.6 is 11.6 Å². The molecule has 17 heavy (non-hydrogen) atoms. The summed E-state index contributed by atoms with van der Waals surface area (Å²) in [5.41, 5.74) is 0.658. The van der Waals surface area contributed by atoms with Crippen molar-refractivity contribution in [3.05, 3.63) is 49.5 Å². The van der Waals surface area contributed by atoms with Crippen LogP contribution in [0.25, 0.3) is 0 Å². The zero-order valence-corrected chi connectivity index (χ0v) is 10.2. The molecule has 0 fully saturated rings. The second-order valence-electron chi connectivity index (χ2n) is 3.76. The second-order valence-corrected chi connectivity index (χ2v) is 4.17. The van der Waals surface area contributed by atoms with Gasteiger partial charge in [0.2, 0.25) is 0 Å². The molecule has 2 heterocycles. The van der Waals surface area contributed by atoms with Crippen molar-refractivity contribution in [1.82, 2.24) is 19.3 Å². The first-order chi connectivity index (χ1) is 7.97. The fourth-order valence-electron chi connectivity index (χ4n) is 1.59. The molecule has 0 aliphatic rings. The summed E-state index contributed by atoms with van der Waals surface area (Å²) in [4.78, 5) is 24.8. The Bertz CT molecular complexity index is 668. The van der Waals surface area contributed by atoms with E-state index in [1.807, 2.05) is 13.0 Å². The number of nitrogens with one attached hydrogen (secondary N) is 1. The maximum atomic E-state index is 11.5. The van der Waals surface area contributed by atoms with Gasteiger partial charge in [0.1, 0.15) is 5.02 Å². The summed E-state index contributed by atoms with van der Waals surface area (Å²) in [6, 6.07) is 1.87. The Labute approximate surface area is 101 Å². The van der Waals surface area contributed by atoms with Gasteiger partial charge < -0.3 is 0 Å². The number of halogens is 1. The first-order valence-corrected chi connectivity index (χ1v) is 5.34. The molecule has 1 N–H and O–H groups in total. The molecule has 0 amide bonds. The fraction of sp³-hybridized carbons (Fsp3) is 0.300. The molecule has 0 atom stereocenters. The maximum Gasteiger partial charge on any atom is 0.328 e. The summed E-state index contributed by atoms with van der Waals surface area (Å²) in [5, 5.41) is 4.16. The van der Waals surface area contributed by atoms with Crippen molar-refractivity contribution in [2.24, 2.45) is 7.05 Å². The number of aryl methyl sites for hydroxylation is 2. The molecule has 6 nitrogen and oxygen atoms in total. The predicted molar refractivity (Wildman–Crippen MR) is 63.4 cm³/mol. The molecule has 0 saturated carbocycles. The highest BCUT2D eigenvalue weighted by Gasteiger charge is 2.06. The minimum atomic E-state index is -0.575. The van der Waals surface area contributed by atoms with Crippen molar-refractivity contribution in [2.45, 2.75) is 13.5 Å². The van der Waals surface area contributed by atoms with E-state index in [4.69, 9.17) is 11.6 Å². The Hall–Kier alpha value is -1.82. The largest absolute Gasteiger partial charge is 0.328 e. The van der Waals surface area contributed by atoms with Crippen molar-refractivity contribution in [2.75, 3.05) is 0 Å². The normalized spacial score (nSPS) is 10.8. The van der Waals surface area contributed by atoms with E-state index in [1.165, 1.54) is 10.8 Å². The Morgan fingerprint density at radius 1 is 1.47 bits per heavy atom. The lowest BCUT2D eigenvalue weighted by molar-refractivity contribution is 0.638. The fourth-order valence-corrected chi connectivity index (χ4v) is 1.75. The Balaban J connectivity index is 2.43. The van der Waals surface area contributed by atoms with Crippen LogP contribution in [0.1, 0.15) is 11.4 Å². The number of hydrogen-bond acceptors (Lipinski definition) is 3. The molecule has 0 aliphatic carbocycles. The van der Waals surface area contributed by atoms with Crippen LogP contribution in [-0.2, 0) is 13.6 Å². The zero-order chi connectivity index (χ0) is 12.6. The summed E-state index contributed by atoms with van der Waals surface area (Å²) < 4.78 is 3.01. The van der Waals surface area contributed by atoms with Gasteiger partial charge in [-0.25, -0.2) is 4.79 Å². The standard InChI is InChI=1S/C10H11ClN4O2/c1-6-3-7(14(2)13-6)4-15-5-8(11)9(16)12-10(15)17/h3,5H,4H2,1-2H3,(H,12,16,17). The topological polar surface area (TPSA) is 72.7 Å². The number of aromatic amines is 1. The summed E-state index contributed by atoms with van der Waals surface area (Å²) in [7, 11) is 1.79. The quantitative estimate of drug-likeness (QED) is 0.837. The number of aromatic nitrogens is 4. The van der Waals surface area contributed by atoms with Gasteiger partial charge in [-0.05, 0) is 13.0 Å². The lowest BCUT2D eigenvalue weighted by Crippen LogP contribution is -2.30. The molecule has 0 bridgehead atoms. The van der Waals surface area contributed by atoms with Gasteiger partial charge in [-0.3, -0.25) is 19.0 Å². The monoisotopic (exact) mass is 254 g/mol. The number of hydrogen-bond donors (Lipinski definition) is 1. The highest BCUT2D eigenvalue weighted by atomic mass is 35.5. The molecule has 90 valence electrons. The molecule has 0 saturated heterocycles. The maximum absolute atomic E-state index is 11.5. The molecule has 0 aliphatic heterocycles. The first kappa shape index (κ1) is 11.7. The average molecular weight is 255 g/mol. The minimum absolute atomic E-state index is 0.0107. The van der Waals surface area contributed by atoms with Crippen molar-refractivity contribution >= 4 is 11.6 Å². The molecule has 7 heteroatoms. The van der Waals surface area contributed by atoms with Crippen molar-refractivity contribution in [1.29, 1.82) is 0 Å². The Morgan fingerprint density at radius 3 is 2.76 bits per heavy atom.